The molecule has 0 fully saturated rings. The van der Waals surface area contributed by atoms with Gasteiger partial charge in [-0.1, -0.05) is 13.8 Å². The van der Waals surface area contributed by atoms with E-state index in [1.807, 2.05) is 13.8 Å². The van der Waals surface area contributed by atoms with Crippen molar-refractivity contribution in [1.29, 1.82) is 5.26 Å². The van der Waals surface area contributed by atoms with Gasteiger partial charge in [-0.3, -0.25) is 0 Å². The molecule has 0 radical (unpaired) electrons. The van der Waals surface area contributed by atoms with Gasteiger partial charge in [0.05, 0.1) is 6.10 Å². The Kier molecular flexibility index (Phi) is 4.43. The number of aromatic nitrogens is 1. The van der Waals surface area contributed by atoms with Crippen LogP contribution in [0.3, 0.4) is 0 Å². The van der Waals surface area contributed by atoms with Crippen molar-refractivity contribution < 1.29 is 4.74 Å². The van der Waals surface area contributed by atoms with E-state index in [2.05, 4.69) is 24.3 Å². The lowest BCUT2D eigenvalue weighted by Gasteiger charge is -2.06. The van der Waals surface area contributed by atoms with Crippen LogP contribution in [0.1, 0.15) is 33.3 Å². The second-order valence-electron chi connectivity index (χ2n) is 3.60. The Hall–Kier alpha value is -0.730. The van der Waals surface area contributed by atoms with Gasteiger partial charge in [-0.2, -0.15) is 9.64 Å². The van der Waals surface area contributed by atoms with E-state index >= 15 is 0 Å². The zero-order chi connectivity index (χ0) is 11.4. The SMILES string of the molecule is CC(C)Oc1nsc(SC(C)C)c1C#N. The summed E-state index contributed by atoms with van der Waals surface area (Å²) in [5.41, 5.74) is 0.576. The van der Waals surface area contributed by atoms with Gasteiger partial charge in [-0.05, 0) is 25.4 Å². The summed E-state index contributed by atoms with van der Waals surface area (Å²) in [6, 6.07) is 2.16. The molecule has 0 N–H and O–H groups in total. The van der Waals surface area contributed by atoms with Gasteiger partial charge >= 0.3 is 0 Å². The number of nitrogens with zero attached hydrogens (tertiary/aromatic N) is 2. The summed E-state index contributed by atoms with van der Waals surface area (Å²) in [6.07, 6.45) is 0.0519. The van der Waals surface area contributed by atoms with E-state index in [0.29, 0.717) is 16.7 Å². The zero-order valence-electron chi connectivity index (χ0n) is 9.27. The topological polar surface area (TPSA) is 45.9 Å². The Labute approximate surface area is 98.6 Å². The van der Waals surface area contributed by atoms with E-state index < -0.39 is 0 Å². The first-order chi connectivity index (χ1) is 7.04. The molecule has 0 spiro atoms. The predicted molar refractivity (Wildman–Crippen MR) is 63.6 cm³/mol. The molecule has 0 amide bonds. The molecule has 0 saturated carbocycles. The highest BCUT2D eigenvalue weighted by atomic mass is 32.2. The molecule has 0 bridgehead atoms. The fourth-order valence-electron chi connectivity index (χ4n) is 0.953. The van der Waals surface area contributed by atoms with Gasteiger partial charge in [0.1, 0.15) is 15.8 Å². The second kappa shape index (κ2) is 5.38. The largest absolute Gasteiger partial charge is 0.473 e. The maximum Gasteiger partial charge on any atom is 0.244 e. The molecule has 0 aliphatic rings. The lowest BCUT2D eigenvalue weighted by Crippen LogP contribution is -2.06. The molecular formula is C10H14N2OS2. The standard InChI is InChI=1S/C10H14N2OS2/c1-6(2)13-9-8(5-11)10(15-12-9)14-7(3)4/h6-7H,1-4H3. The van der Waals surface area contributed by atoms with E-state index in [4.69, 9.17) is 10.00 Å². The third-order valence-electron chi connectivity index (χ3n) is 1.43. The molecule has 0 atom stereocenters. The van der Waals surface area contributed by atoms with Crippen molar-refractivity contribution in [2.24, 2.45) is 0 Å². The van der Waals surface area contributed by atoms with E-state index in [1.165, 1.54) is 11.5 Å². The third-order valence-corrected chi connectivity index (χ3v) is 3.46. The summed E-state index contributed by atoms with van der Waals surface area (Å²) in [6.45, 7) is 8.04. The van der Waals surface area contributed by atoms with Crippen molar-refractivity contribution in [3.8, 4) is 11.9 Å². The van der Waals surface area contributed by atoms with Gasteiger partial charge in [0, 0.05) is 5.25 Å². The van der Waals surface area contributed by atoms with Gasteiger partial charge in [-0.25, -0.2) is 0 Å². The molecule has 0 unspecified atom stereocenters. The van der Waals surface area contributed by atoms with Gasteiger partial charge < -0.3 is 4.74 Å². The first-order valence-electron chi connectivity index (χ1n) is 4.77. The average Bonchev–Trinajstić information content (AvgIpc) is 2.45. The van der Waals surface area contributed by atoms with Crippen LogP contribution >= 0.6 is 23.3 Å². The monoisotopic (exact) mass is 242 g/mol. The van der Waals surface area contributed by atoms with Crippen molar-refractivity contribution >= 4 is 23.3 Å². The number of hydrogen-bond donors (Lipinski definition) is 0. The highest BCUT2D eigenvalue weighted by molar-refractivity contribution is 8.01. The summed E-state index contributed by atoms with van der Waals surface area (Å²) in [7, 11) is 0. The zero-order valence-corrected chi connectivity index (χ0v) is 10.9. The second-order valence-corrected chi connectivity index (χ2v) is 6.21. The molecule has 15 heavy (non-hydrogen) atoms. The van der Waals surface area contributed by atoms with Crippen LogP contribution in [-0.4, -0.2) is 15.7 Å². The quantitative estimate of drug-likeness (QED) is 0.760. The van der Waals surface area contributed by atoms with E-state index in [0.717, 1.165) is 4.21 Å². The van der Waals surface area contributed by atoms with Crippen molar-refractivity contribution in [2.75, 3.05) is 0 Å². The van der Waals surface area contributed by atoms with Crippen molar-refractivity contribution in [2.45, 2.75) is 43.3 Å². The van der Waals surface area contributed by atoms with Crippen molar-refractivity contribution in [3.63, 3.8) is 0 Å². The van der Waals surface area contributed by atoms with Crippen LogP contribution in [0.4, 0.5) is 0 Å². The lowest BCUT2D eigenvalue weighted by molar-refractivity contribution is 0.234. The maximum atomic E-state index is 9.04. The molecular weight excluding hydrogens is 228 g/mol. The molecule has 0 aliphatic heterocycles. The predicted octanol–water partition coefficient (Wildman–Crippen LogP) is 3.30. The van der Waals surface area contributed by atoms with Crippen LogP contribution in [0.5, 0.6) is 5.88 Å². The molecule has 1 heterocycles. The first-order valence-corrected chi connectivity index (χ1v) is 6.43. The fraction of sp³-hybridized carbons (Fsp3) is 0.600. The average molecular weight is 242 g/mol. The molecule has 0 aliphatic carbocycles. The Balaban J connectivity index is 2.91. The molecule has 1 aromatic heterocycles. The highest BCUT2D eigenvalue weighted by Gasteiger charge is 2.17. The van der Waals surface area contributed by atoms with Crippen molar-refractivity contribution in [1.82, 2.24) is 4.37 Å². The van der Waals surface area contributed by atoms with Crippen LogP contribution in [-0.2, 0) is 0 Å². The number of ether oxygens (including phenoxy) is 1. The summed E-state index contributed by atoms with van der Waals surface area (Å²) in [4.78, 5) is 0. The normalized spacial score (nSPS) is 10.7. The number of rotatable bonds is 4. The molecule has 1 aromatic rings. The van der Waals surface area contributed by atoms with Crippen LogP contribution in [0.25, 0.3) is 0 Å². The molecule has 0 saturated heterocycles. The van der Waals surface area contributed by atoms with Crippen LogP contribution in [0.15, 0.2) is 4.21 Å². The van der Waals surface area contributed by atoms with Gasteiger partial charge in [0.2, 0.25) is 5.88 Å². The number of thioether (sulfide) groups is 1. The first kappa shape index (κ1) is 12.3. The molecule has 0 aromatic carbocycles. The summed E-state index contributed by atoms with van der Waals surface area (Å²) >= 11 is 2.99. The molecule has 1 rings (SSSR count). The molecule has 3 nitrogen and oxygen atoms in total. The summed E-state index contributed by atoms with van der Waals surface area (Å²) < 4.78 is 10.6. The highest BCUT2D eigenvalue weighted by Crippen LogP contribution is 2.35. The maximum absolute atomic E-state index is 9.04. The Bertz CT molecular complexity index is 338. The lowest BCUT2D eigenvalue weighted by atomic mass is 10.4. The van der Waals surface area contributed by atoms with Crippen molar-refractivity contribution in [3.05, 3.63) is 5.56 Å². The van der Waals surface area contributed by atoms with E-state index in [9.17, 15) is 0 Å². The van der Waals surface area contributed by atoms with Crippen LogP contribution in [0, 0.1) is 11.3 Å². The number of hydrogen-bond acceptors (Lipinski definition) is 5. The minimum Gasteiger partial charge on any atom is -0.473 e. The Morgan fingerprint density at radius 3 is 2.53 bits per heavy atom. The van der Waals surface area contributed by atoms with Gasteiger partial charge in [0.25, 0.3) is 0 Å². The van der Waals surface area contributed by atoms with Gasteiger partial charge in [0.15, 0.2) is 0 Å². The van der Waals surface area contributed by atoms with E-state index in [1.54, 1.807) is 11.8 Å². The molecule has 5 heteroatoms. The minimum atomic E-state index is 0.0519. The summed E-state index contributed by atoms with van der Waals surface area (Å²) in [5.74, 6) is 0.473. The minimum absolute atomic E-state index is 0.0519. The fourth-order valence-corrected chi connectivity index (χ4v) is 3.02. The Morgan fingerprint density at radius 1 is 1.40 bits per heavy atom. The van der Waals surface area contributed by atoms with E-state index in [-0.39, 0.29) is 6.10 Å². The summed E-state index contributed by atoms with van der Waals surface area (Å²) in [5, 5.41) is 9.49. The van der Waals surface area contributed by atoms with Crippen LogP contribution < -0.4 is 4.74 Å². The Morgan fingerprint density at radius 2 is 2.07 bits per heavy atom. The smallest absolute Gasteiger partial charge is 0.244 e. The van der Waals surface area contributed by atoms with Gasteiger partial charge in [-0.15, -0.1) is 11.8 Å². The third kappa shape index (κ3) is 3.40. The van der Waals surface area contributed by atoms with Crippen LogP contribution in [0.2, 0.25) is 0 Å². The molecule has 82 valence electrons. The number of nitriles is 1.